The lowest BCUT2D eigenvalue weighted by atomic mass is 9.83. The van der Waals surface area contributed by atoms with Crippen LogP contribution >= 0.6 is 22.6 Å². The minimum absolute atomic E-state index is 0.0342. The molecule has 2 aliphatic carbocycles. The Hall–Kier alpha value is 0.200. The minimum Gasteiger partial charge on any atom is -0.481 e. The van der Waals surface area contributed by atoms with Crippen molar-refractivity contribution in [2.45, 2.75) is 23.7 Å². The first kappa shape index (κ1) is 8.78. The molecule has 2 fully saturated rings. The molecule has 2 saturated carbocycles. The molecular weight excluding hydrogens is 267 g/mol. The molecule has 0 aliphatic heterocycles. The molecule has 0 amide bonds. The number of rotatable bonds is 1. The average Bonchev–Trinajstić information content (AvgIpc) is 2.53. The molecule has 0 aromatic rings. The second kappa shape index (κ2) is 2.86. The first-order valence-corrected chi connectivity index (χ1v) is 5.72. The standard InChI is InChI=1S/C9H13IO2/c1-4-5-2-6(8(4)10)7(3-5)9(11)12/h4-8H,2-3H2,1H3,(H,11,12)/t4?,5?,6?,7?,8-/m0/s1. The molecule has 2 nitrogen and oxygen atoms in total. The predicted molar refractivity (Wildman–Crippen MR) is 54.3 cm³/mol. The van der Waals surface area contributed by atoms with Crippen LogP contribution < -0.4 is 0 Å². The smallest absolute Gasteiger partial charge is 0.306 e. The monoisotopic (exact) mass is 280 g/mol. The van der Waals surface area contributed by atoms with Crippen molar-refractivity contribution in [3.63, 3.8) is 0 Å². The van der Waals surface area contributed by atoms with Crippen molar-refractivity contribution in [3.8, 4) is 0 Å². The molecule has 12 heavy (non-hydrogen) atoms. The summed E-state index contributed by atoms with van der Waals surface area (Å²) in [4.78, 5) is 10.8. The summed E-state index contributed by atoms with van der Waals surface area (Å²) in [5.41, 5.74) is 0. The molecule has 1 N–H and O–H groups in total. The summed E-state index contributed by atoms with van der Waals surface area (Å²) in [5, 5.41) is 8.94. The highest BCUT2D eigenvalue weighted by Crippen LogP contribution is 2.54. The Kier molecular flexibility index (Phi) is 2.09. The van der Waals surface area contributed by atoms with Gasteiger partial charge in [-0.2, -0.15) is 0 Å². The lowest BCUT2D eigenvalue weighted by Crippen LogP contribution is -2.31. The van der Waals surface area contributed by atoms with Gasteiger partial charge in [0.15, 0.2) is 0 Å². The van der Waals surface area contributed by atoms with Gasteiger partial charge in [0.2, 0.25) is 0 Å². The third kappa shape index (κ3) is 1.09. The zero-order chi connectivity index (χ0) is 8.88. The molecule has 0 heterocycles. The van der Waals surface area contributed by atoms with Crippen LogP contribution in [0.3, 0.4) is 0 Å². The number of carbonyl (C=O) groups is 1. The number of fused-ring (bicyclic) bond motifs is 2. The Morgan fingerprint density at radius 3 is 2.58 bits per heavy atom. The highest BCUT2D eigenvalue weighted by Gasteiger charge is 2.52. The molecule has 4 unspecified atom stereocenters. The van der Waals surface area contributed by atoms with E-state index in [2.05, 4.69) is 29.5 Å². The van der Waals surface area contributed by atoms with E-state index in [0.29, 0.717) is 15.8 Å². The van der Waals surface area contributed by atoms with E-state index in [0.717, 1.165) is 18.8 Å². The number of carboxylic acids is 1. The summed E-state index contributed by atoms with van der Waals surface area (Å²) >= 11 is 2.44. The van der Waals surface area contributed by atoms with Crippen LogP contribution in [0.1, 0.15) is 19.8 Å². The summed E-state index contributed by atoms with van der Waals surface area (Å²) in [6.07, 6.45) is 2.09. The third-order valence-corrected chi connectivity index (χ3v) is 5.68. The molecule has 0 aromatic heterocycles. The Labute approximate surface area is 85.9 Å². The van der Waals surface area contributed by atoms with E-state index < -0.39 is 5.97 Å². The second-order valence-electron chi connectivity index (χ2n) is 4.14. The van der Waals surface area contributed by atoms with E-state index in [4.69, 9.17) is 5.11 Å². The minimum atomic E-state index is -0.573. The Bertz CT molecular complexity index is 215. The van der Waals surface area contributed by atoms with Gasteiger partial charge in [0.05, 0.1) is 5.92 Å². The van der Waals surface area contributed by atoms with Crippen molar-refractivity contribution in [1.82, 2.24) is 0 Å². The summed E-state index contributed by atoms with van der Waals surface area (Å²) in [7, 11) is 0. The second-order valence-corrected chi connectivity index (χ2v) is 5.58. The molecule has 68 valence electrons. The predicted octanol–water partition coefficient (Wildman–Crippen LogP) is 2.17. The topological polar surface area (TPSA) is 37.3 Å². The first-order valence-electron chi connectivity index (χ1n) is 4.48. The maximum atomic E-state index is 10.8. The van der Waals surface area contributed by atoms with Gasteiger partial charge in [0.1, 0.15) is 0 Å². The molecule has 2 bridgehead atoms. The third-order valence-electron chi connectivity index (χ3n) is 3.62. The number of alkyl halides is 1. The van der Waals surface area contributed by atoms with Crippen molar-refractivity contribution in [2.75, 3.05) is 0 Å². The van der Waals surface area contributed by atoms with Crippen molar-refractivity contribution >= 4 is 28.6 Å². The highest BCUT2D eigenvalue weighted by molar-refractivity contribution is 14.1. The zero-order valence-corrected chi connectivity index (χ0v) is 9.19. The number of hydrogen-bond donors (Lipinski definition) is 1. The van der Waals surface area contributed by atoms with Crippen LogP contribution in [0.4, 0.5) is 0 Å². The SMILES string of the molecule is CC1C2CC(C(=O)O)C(C2)[C@H]1I. The fourth-order valence-electron chi connectivity index (χ4n) is 2.83. The Balaban J connectivity index is 2.15. The van der Waals surface area contributed by atoms with Gasteiger partial charge >= 0.3 is 5.97 Å². The fraction of sp³-hybridized carbons (Fsp3) is 0.889. The van der Waals surface area contributed by atoms with Gasteiger partial charge in [0, 0.05) is 3.92 Å². The molecule has 2 rings (SSSR count). The van der Waals surface area contributed by atoms with E-state index in [1.54, 1.807) is 0 Å². The maximum Gasteiger partial charge on any atom is 0.306 e. The molecule has 0 aromatic carbocycles. The summed E-state index contributed by atoms with van der Waals surface area (Å²) in [5.74, 6) is 1.29. The van der Waals surface area contributed by atoms with E-state index >= 15 is 0 Å². The van der Waals surface area contributed by atoms with Crippen LogP contribution in [0, 0.1) is 23.7 Å². The highest BCUT2D eigenvalue weighted by atomic mass is 127. The molecule has 3 heteroatoms. The van der Waals surface area contributed by atoms with Crippen molar-refractivity contribution in [2.24, 2.45) is 23.7 Å². The van der Waals surface area contributed by atoms with Gasteiger partial charge in [0.25, 0.3) is 0 Å². The van der Waals surface area contributed by atoms with Crippen LogP contribution in [0.25, 0.3) is 0 Å². The van der Waals surface area contributed by atoms with Gasteiger partial charge in [-0.1, -0.05) is 29.5 Å². The van der Waals surface area contributed by atoms with Crippen LogP contribution in [0.2, 0.25) is 0 Å². The average molecular weight is 280 g/mol. The lowest BCUT2D eigenvalue weighted by Gasteiger charge is -2.27. The zero-order valence-electron chi connectivity index (χ0n) is 7.03. The van der Waals surface area contributed by atoms with Crippen LogP contribution in [0.15, 0.2) is 0 Å². The normalized spacial score (nSPS) is 51.3. The van der Waals surface area contributed by atoms with E-state index in [-0.39, 0.29) is 5.92 Å². The number of carboxylic acid groups (broad SMARTS) is 1. The van der Waals surface area contributed by atoms with Crippen molar-refractivity contribution in [1.29, 1.82) is 0 Å². The van der Waals surface area contributed by atoms with Crippen LogP contribution in [-0.4, -0.2) is 15.0 Å². The first-order chi connectivity index (χ1) is 5.61. The van der Waals surface area contributed by atoms with Crippen LogP contribution in [0.5, 0.6) is 0 Å². The maximum absolute atomic E-state index is 10.8. The molecule has 0 radical (unpaired) electrons. The molecule has 5 atom stereocenters. The summed E-state index contributed by atoms with van der Waals surface area (Å²) < 4.78 is 0.599. The Morgan fingerprint density at radius 1 is 1.50 bits per heavy atom. The Morgan fingerprint density at radius 2 is 2.17 bits per heavy atom. The van der Waals surface area contributed by atoms with E-state index in [1.807, 2.05) is 0 Å². The molecule has 0 spiro atoms. The largest absolute Gasteiger partial charge is 0.481 e. The van der Waals surface area contributed by atoms with E-state index in [1.165, 1.54) is 0 Å². The van der Waals surface area contributed by atoms with E-state index in [9.17, 15) is 4.79 Å². The lowest BCUT2D eigenvalue weighted by molar-refractivity contribution is -0.143. The summed E-state index contributed by atoms with van der Waals surface area (Å²) in [6, 6.07) is 0. The fourth-order valence-corrected chi connectivity index (χ4v) is 4.21. The molecule has 2 aliphatic rings. The van der Waals surface area contributed by atoms with Gasteiger partial charge in [-0.05, 0) is 30.6 Å². The number of hydrogen-bond acceptors (Lipinski definition) is 1. The quantitative estimate of drug-likeness (QED) is 0.590. The van der Waals surface area contributed by atoms with Gasteiger partial charge < -0.3 is 5.11 Å². The van der Waals surface area contributed by atoms with Crippen LogP contribution in [-0.2, 0) is 4.79 Å². The van der Waals surface area contributed by atoms with Gasteiger partial charge in [-0.25, -0.2) is 0 Å². The summed E-state index contributed by atoms with van der Waals surface area (Å²) in [6.45, 7) is 2.26. The van der Waals surface area contributed by atoms with Gasteiger partial charge in [-0.3, -0.25) is 4.79 Å². The molecular formula is C9H13IO2. The number of halogens is 1. The number of aliphatic carboxylic acids is 1. The van der Waals surface area contributed by atoms with Gasteiger partial charge in [-0.15, -0.1) is 0 Å². The van der Waals surface area contributed by atoms with Crippen molar-refractivity contribution in [3.05, 3.63) is 0 Å². The van der Waals surface area contributed by atoms with Crippen molar-refractivity contribution < 1.29 is 9.90 Å². The molecule has 0 saturated heterocycles.